The maximum Gasteiger partial charge on any atom is 0.150 e. The predicted octanol–water partition coefficient (Wildman–Crippen LogP) is 3.96. The van der Waals surface area contributed by atoms with Crippen molar-refractivity contribution >= 4 is 17.2 Å². The Morgan fingerprint density at radius 1 is 1.15 bits per heavy atom. The Morgan fingerprint density at radius 2 is 2.00 bits per heavy atom. The van der Waals surface area contributed by atoms with Crippen LogP contribution in [0.3, 0.4) is 0 Å². The van der Waals surface area contributed by atoms with Gasteiger partial charge in [-0.05, 0) is 36.8 Å². The zero-order valence-corrected chi connectivity index (χ0v) is 11.4. The molecule has 0 aliphatic heterocycles. The number of methoxy groups -OCH3 is 1. The molecule has 0 aliphatic carbocycles. The standard InChI is InChI=1S/C17H15NO2/c1-11-12(10-19)4-3-5-15(11)17-9-13-8-14(20-2)6-7-16(13)18-17/h3-10,18H,1-2H3. The molecule has 0 bridgehead atoms. The fourth-order valence-corrected chi connectivity index (χ4v) is 2.46. The van der Waals surface area contributed by atoms with Crippen LogP contribution in [0.15, 0.2) is 42.5 Å². The molecule has 0 amide bonds. The average molecular weight is 265 g/mol. The Morgan fingerprint density at radius 3 is 2.75 bits per heavy atom. The first kappa shape index (κ1) is 12.5. The number of H-pyrrole nitrogens is 1. The third kappa shape index (κ3) is 1.97. The third-order valence-electron chi connectivity index (χ3n) is 3.62. The lowest BCUT2D eigenvalue weighted by molar-refractivity contribution is 0.112. The maximum absolute atomic E-state index is 11.0. The van der Waals surface area contributed by atoms with Crippen molar-refractivity contribution in [1.29, 1.82) is 0 Å². The summed E-state index contributed by atoms with van der Waals surface area (Å²) in [6.07, 6.45) is 0.893. The molecule has 3 aromatic rings. The van der Waals surface area contributed by atoms with Gasteiger partial charge < -0.3 is 9.72 Å². The number of carbonyl (C=O) groups is 1. The summed E-state index contributed by atoms with van der Waals surface area (Å²) in [5, 5.41) is 1.09. The quantitative estimate of drug-likeness (QED) is 0.728. The Balaban J connectivity index is 2.17. The SMILES string of the molecule is COc1ccc2[nH]c(-c3cccc(C=O)c3C)cc2c1. The van der Waals surface area contributed by atoms with Gasteiger partial charge in [0.2, 0.25) is 0 Å². The van der Waals surface area contributed by atoms with E-state index in [2.05, 4.69) is 11.1 Å². The van der Waals surface area contributed by atoms with E-state index in [-0.39, 0.29) is 0 Å². The van der Waals surface area contributed by atoms with Gasteiger partial charge in [0.15, 0.2) is 0 Å². The number of benzene rings is 2. The molecular formula is C17H15NO2. The Labute approximate surface area is 117 Å². The lowest BCUT2D eigenvalue weighted by Crippen LogP contribution is -1.90. The normalized spacial score (nSPS) is 10.7. The van der Waals surface area contributed by atoms with Gasteiger partial charge >= 0.3 is 0 Å². The van der Waals surface area contributed by atoms with Crippen molar-refractivity contribution in [2.75, 3.05) is 7.11 Å². The maximum atomic E-state index is 11.0. The lowest BCUT2D eigenvalue weighted by atomic mass is 10.0. The molecule has 0 spiro atoms. The van der Waals surface area contributed by atoms with Gasteiger partial charge in [-0.1, -0.05) is 18.2 Å². The summed E-state index contributed by atoms with van der Waals surface area (Å²) >= 11 is 0. The van der Waals surface area contributed by atoms with Crippen LogP contribution in [0.4, 0.5) is 0 Å². The molecule has 0 fully saturated rings. The minimum atomic E-state index is 0.721. The van der Waals surface area contributed by atoms with E-state index in [4.69, 9.17) is 4.74 Å². The minimum absolute atomic E-state index is 0.721. The highest BCUT2D eigenvalue weighted by atomic mass is 16.5. The molecule has 0 unspecified atom stereocenters. The Kier molecular flexibility index (Phi) is 3.03. The highest BCUT2D eigenvalue weighted by molar-refractivity contribution is 5.89. The fraction of sp³-hybridized carbons (Fsp3) is 0.118. The van der Waals surface area contributed by atoms with E-state index < -0.39 is 0 Å². The van der Waals surface area contributed by atoms with Crippen LogP contribution in [-0.4, -0.2) is 18.4 Å². The summed E-state index contributed by atoms with van der Waals surface area (Å²) in [6, 6.07) is 13.7. The first-order chi connectivity index (χ1) is 9.72. The highest BCUT2D eigenvalue weighted by Gasteiger charge is 2.09. The third-order valence-corrected chi connectivity index (χ3v) is 3.62. The van der Waals surface area contributed by atoms with Gasteiger partial charge in [0, 0.05) is 27.7 Å². The predicted molar refractivity (Wildman–Crippen MR) is 80.4 cm³/mol. The van der Waals surface area contributed by atoms with Crippen molar-refractivity contribution in [2.45, 2.75) is 6.92 Å². The van der Waals surface area contributed by atoms with Crippen LogP contribution in [0.25, 0.3) is 22.2 Å². The number of fused-ring (bicyclic) bond motifs is 1. The van der Waals surface area contributed by atoms with Crippen LogP contribution < -0.4 is 4.74 Å². The molecule has 1 aromatic heterocycles. The molecule has 3 rings (SSSR count). The second-order valence-corrected chi connectivity index (χ2v) is 4.77. The van der Waals surface area contributed by atoms with Crippen molar-refractivity contribution in [1.82, 2.24) is 4.98 Å². The Hall–Kier alpha value is -2.55. The topological polar surface area (TPSA) is 42.1 Å². The van der Waals surface area contributed by atoms with Gasteiger partial charge in [-0.25, -0.2) is 0 Å². The number of aromatic nitrogens is 1. The number of hydrogen-bond acceptors (Lipinski definition) is 2. The molecule has 0 saturated heterocycles. The van der Waals surface area contributed by atoms with E-state index >= 15 is 0 Å². The zero-order chi connectivity index (χ0) is 14.1. The summed E-state index contributed by atoms with van der Waals surface area (Å²) < 4.78 is 5.24. The molecular weight excluding hydrogens is 250 g/mol. The van der Waals surface area contributed by atoms with Gasteiger partial charge in [-0.15, -0.1) is 0 Å². The van der Waals surface area contributed by atoms with E-state index in [9.17, 15) is 4.79 Å². The van der Waals surface area contributed by atoms with Gasteiger partial charge in [0.05, 0.1) is 7.11 Å². The second kappa shape index (κ2) is 4.85. The molecule has 1 heterocycles. The van der Waals surface area contributed by atoms with Crippen molar-refractivity contribution in [3.05, 3.63) is 53.6 Å². The minimum Gasteiger partial charge on any atom is -0.497 e. The van der Waals surface area contributed by atoms with E-state index in [0.29, 0.717) is 0 Å². The van der Waals surface area contributed by atoms with Crippen molar-refractivity contribution in [3.8, 4) is 17.0 Å². The number of aromatic amines is 1. The number of aldehydes is 1. The van der Waals surface area contributed by atoms with E-state index in [0.717, 1.165) is 45.3 Å². The summed E-state index contributed by atoms with van der Waals surface area (Å²) in [7, 11) is 1.66. The highest BCUT2D eigenvalue weighted by Crippen LogP contribution is 2.29. The number of ether oxygens (including phenoxy) is 1. The second-order valence-electron chi connectivity index (χ2n) is 4.77. The summed E-state index contributed by atoms with van der Waals surface area (Å²) in [5.41, 5.74) is 4.82. The summed E-state index contributed by atoms with van der Waals surface area (Å²) in [6.45, 7) is 1.96. The van der Waals surface area contributed by atoms with Gasteiger partial charge in [0.1, 0.15) is 12.0 Å². The van der Waals surface area contributed by atoms with Crippen LogP contribution in [0.1, 0.15) is 15.9 Å². The zero-order valence-electron chi connectivity index (χ0n) is 11.4. The summed E-state index contributed by atoms with van der Waals surface area (Å²) in [4.78, 5) is 14.4. The molecule has 3 nitrogen and oxygen atoms in total. The number of hydrogen-bond donors (Lipinski definition) is 1. The van der Waals surface area contributed by atoms with Crippen LogP contribution >= 0.6 is 0 Å². The fourth-order valence-electron chi connectivity index (χ4n) is 2.46. The van der Waals surface area contributed by atoms with Crippen molar-refractivity contribution in [2.24, 2.45) is 0 Å². The van der Waals surface area contributed by atoms with E-state index in [1.807, 2.05) is 43.3 Å². The molecule has 3 heteroatoms. The van der Waals surface area contributed by atoms with Crippen LogP contribution in [0.5, 0.6) is 5.75 Å². The van der Waals surface area contributed by atoms with E-state index in [1.54, 1.807) is 7.11 Å². The number of carbonyl (C=O) groups excluding carboxylic acids is 1. The van der Waals surface area contributed by atoms with E-state index in [1.165, 1.54) is 0 Å². The molecule has 0 aliphatic rings. The molecule has 0 radical (unpaired) electrons. The van der Waals surface area contributed by atoms with Gasteiger partial charge in [0.25, 0.3) is 0 Å². The monoisotopic (exact) mass is 265 g/mol. The first-order valence-corrected chi connectivity index (χ1v) is 6.45. The summed E-state index contributed by atoms with van der Waals surface area (Å²) in [5.74, 6) is 0.835. The average Bonchev–Trinajstić information content (AvgIpc) is 2.89. The smallest absolute Gasteiger partial charge is 0.150 e. The molecule has 2 aromatic carbocycles. The largest absolute Gasteiger partial charge is 0.497 e. The van der Waals surface area contributed by atoms with Crippen molar-refractivity contribution in [3.63, 3.8) is 0 Å². The number of rotatable bonds is 3. The molecule has 0 atom stereocenters. The Bertz CT molecular complexity index is 787. The molecule has 0 saturated carbocycles. The van der Waals surface area contributed by atoms with Crippen LogP contribution in [-0.2, 0) is 0 Å². The number of nitrogens with one attached hydrogen (secondary N) is 1. The van der Waals surface area contributed by atoms with Crippen molar-refractivity contribution < 1.29 is 9.53 Å². The van der Waals surface area contributed by atoms with Gasteiger partial charge in [-0.2, -0.15) is 0 Å². The molecule has 1 N–H and O–H groups in total. The molecule has 20 heavy (non-hydrogen) atoms. The first-order valence-electron chi connectivity index (χ1n) is 6.45. The molecule has 100 valence electrons. The van der Waals surface area contributed by atoms with Gasteiger partial charge in [-0.3, -0.25) is 4.79 Å². The lowest BCUT2D eigenvalue weighted by Gasteiger charge is -2.05. The van der Waals surface area contributed by atoms with Crippen LogP contribution in [0.2, 0.25) is 0 Å². The van der Waals surface area contributed by atoms with Crippen LogP contribution in [0, 0.1) is 6.92 Å².